The fourth-order valence-corrected chi connectivity index (χ4v) is 4.47. The third-order valence-corrected chi connectivity index (χ3v) is 5.53. The van der Waals surface area contributed by atoms with Crippen molar-refractivity contribution in [3.05, 3.63) is 18.0 Å². The van der Waals surface area contributed by atoms with Crippen LogP contribution in [0.3, 0.4) is 0 Å². The first-order valence-electron chi connectivity index (χ1n) is 7.96. The van der Waals surface area contributed by atoms with Gasteiger partial charge in [-0.2, -0.15) is 5.10 Å². The maximum atomic E-state index is 12.6. The van der Waals surface area contributed by atoms with E-state index in [9.17, 15) is 4.79 Å². The van der Waals surface area contributed by atoms with Crippen LogP contribution in [-0.2, 0) is 10.2 Å². The molecular formula is C16H23N3O. The van der Waals surface area contributed by atoms with E-state index in [0.29, 0.717) is 23.9 Å². The van der Waals surface area contributed by atoms with Gasteiger partial charge in [0.15, 0.2) is 0 Å². The molecule has 4 fully saturated rings. The van der Waals surface area contributed by atoms with Crippen molar-refractivity contribution < 1.29 is 4.79 Å². The zero-order chi connectivity index (χ0) is 13.9. The van der Waals surface area contributed by atoms with E-state index in [1.165, 1.54) is 31.4 Å². The van der Waals surface area contributed by atoms with Crippen molar-refractivity contribution in [2.75, 3.05) is 0 Å². The molecule has 5 rings (SSSR count). The van der Waals surface area contributed by atoms with Gasteiger partial charge >= 0.3 is 0 Å². The van der Waals surface area contributed by atoms with Gasteiger partial charge in [0, 0.05) is 29.4 Å². The van der Waals surface area contributed by atoms with Crippen LogP contribution in [0.25, 0.3) is 0 Å². The predicted octanol–water partition coefficient (Wildman–Crippen LogP) is 2.41. The van der Waals surface area contributed by atoms with Gasteiger partial charge in [-0.3, -0.25) is 9.48 Å². The molecule has 4 aliphatic carbocycles. The summed E-state index contributed by atoms with van der Waals surface area (Å²) in [5, 5.41) is 7.71. The second-order valence-electron chi connectivity index (χ2n) is 7.17. The molecule has 1 aromatic heterocycles. The highest BCUT2D eigenvalue weighted by atomic mass is 16.2. The minimum atomic E-state index is 0.0738. The van der Waals surface area contributed by atoms with Gasteiger partial charge in [-0.05, 0) is 57.9 Å². The number of nitrogens with zero attached hydrogens (tertiary/aromatic N) is 2. The summed E-state index contributed by atoms with van der Waals surface area (Å²) in [5.41, 5.74) is 1.36. The van der Waals surface area contributed by atoms with Crippen LogP contribution in [0.15, 0.2) is 12.3 Å². The summed E-state index contributed by atoms with van der Waals surface area (Å²) in [6, 6.07) is 2.97. The van der Waals surface area contributed by atoms with Crippen molar-refractivity contribution in [1.29, 1.82) is 0 Å². The SMILES string of the molecule is CC(C)n1nccc1C12CCC(C1)C2C(=O)NC1CC1. The Hall–Kier alpha value is -1.32. The smallest absolute Gasteiger partial charge is 0.224 e. The lowest BCUT2D eigenvalue weighted by Gasteiger charge is -2.47. The van der Waals surface area contributed by atoms with Gasteiger partial charge in [0.2, 0.25) is 5.91 Å². The normalized spacial score (nSPS) is 35.1. The zero-order valence-corrected chi connectivity index (χ0v) is 12.3. The average Bonchev–Trinajstić information content (AvgIpc) is 2.85. The first kappa shape index (κ1) is 12.4. The Bertz CT molecular complexity index is 542. The number of hydrogen-bond donors (Lipinski definition) is 1. The van der Waals surface area contributed by atoms with Crippen molar-refractivity contribution in [2.24, 2.45) is 11.8 Å². The van der Waals surface area contributed by atoms with E-state index in [0.717, 1.165) is 6.42 Å². The third kappa shape index (κ3) is 1.60. The first-order valence-corrected chi connectivity index (χ1v) is 7.96. The van der Waals surface area contributed by atoms with E-state index in [1.807, 2.05) is 6.20 Å². The van der Waals surface area contributed by atoms with Crippen LogP contribution in [0.5, 0.6) is 0 Å². The summed E-state index contributed by atoms with van der Waals surface area (Å²) >= 11 is 0. The highest BCUT2D eigenvalue weighted by molar-refractivity contribution is 5.83. The molecule has 0 aromatic carbocycles. The second-order valence-corrected chi connectivity index (χ2v) is 7.17. The van der Waals surface area contributed by atoms with Gasteiger partial charge in [0.05, 0.1) is 5.92 Å². The largest absolute Gasteiger partial charge is 0.353 e. The van der Waals surface area contributed by atoms with Gasteiger partial charge in [0.25, 0.3) is 0 Å². The van der Waals surface area contributed by atoms with E-state index in [4.69, 9.17) is 0 Å². The number of amides is 1. The Morgan fingerprint density at radius 1 is 1.45 bits per heavy atom. The monoisotopic (exact) mass is 273 g/mol. The van der Waals surface area contributed by atoms with Crippen LogP contribution in [0.4, 0.5) is 0 Å². The number of carbonyl (C=O) groups is 1. The maximum absolute atomic E-state index is 12.6. The molecular weight excluding hydrogens is 250 g/mol. The van der Waals surface area contributed by atoms with Gasteiger partial charge in [0.1, 0.15) is 0 Å². The molecule has 0 saturated heterocycles. The fourth-order valence-electron chi connectivity index (χ4n) is 4.47. The van der Waals surface area contributed by atoms with Crippen molar-refractivity contribution in [1.82, 2.24) is 15.1 Å². The Labute approximate surface area is 119 Å². The lowest BCUT2D eigenvalue weighted by atomic mass is 9.58. The third-order valence-electron chi connectivity index (χ3n) is 5.53. The van der Waals surface area contributed by atoms with Crippen LogP contribution in [0.2, 0.25) is 0 Å². The number of nitrogens with one attached hydrogen (secondary N) is 1. The molecule has 0 radical (unpaired) electrons. The summed E-state index contributed by atoms with van der Waals surface area (Å²) in [4.78, 5) is 12.6. The summed E-state index contributed by atoms with van der Waals surface area (Å²) in [5.74, 6) is 1.10. The second kappa shape index (κ2) is 4.09. The standard InChI is InChI=1S/C16H23N3O/c1-10(2)19-13(6-8-17-19)16-7-5-11(9-16)14(16)15(20)18-12-3-4-12/h6,8,10-12,14H,3-5,7,9H2,1-2H3,(H,18,20). The number of carbonyl (C=O) groups excluding carboxylic acids is 1. The molecule has 108 valence electrons. The van der Waals surface area contributed by atoms with Crippen molar-refractivity contribution >= 4 is 5.91 Å². The van der Waals surface area contributed by atoms with Gasteiger partial charge in [-0.1, -0.05) is 0 Å². The summed E-state index contributed by atoms with van der Waals surface area (Å²) in [6.07, 6.45) is 7.75. The Kier molecular flexibility index (Phi) is 2.54. The van der Waals surface area contributed by atoms with Crippen LogP contribution in [-0.4, -0.2) is 21.7 Å². The molecule has 3 atom stereocenters. The molecule has 2 bridgehead atoms. The van der Waals surface area contributed by atoms with E-state index >= 15 is 0 Å². The molecule has 0 aliphatic heterocycles. The minimum Gasteiger partial charge on any atom is -0.353 e. The molecule has 1 heterocycles. The van der Waals surface area contributed by atoms with Crippen molar-refractivity contribution in [2.45, 2.75) is 63.5 Å². The molecule has 4 heteroatoms. The van der Waals surface area contributed by atoms with E-state index in [2.05, 4.69) is 35.0 Å². The van der Waals surface area contributed by atoms with E-state index < -0.39 is 0 Å². The number of hydrogen-bond acceptors (Lipinski definition) is 2. The molecule has 1 N–H and O–H groups in total. The van der Waals surface area contributed by atoms with Gasteiger partial charge < -0.3 is 5.32 Å². The quantitative estimate of drug-likeness (QED) is 0.915. The average molecular weight is 273 g/mol. The topological polar surface area (TPSA) is 46.9 Å². The molecule has 3 unspecified atom stereocenters. The summed E-state index contributed by atoms with van der Waals surface area (Å²) in [7, 11) is 0. The summed E-state index contributed by atoms with van der Waals surface area (Å²) in [6.45, 7) is 4.33. The van der Waals surface area contributed by atoms with Crippen LogP contribution in [0, 0.1) is 11.8 Å². The molecule has 0 spiro atoms. The van der Waals surface area contributed by atoms with Crippen molar-refractivity contribution in [3.8, 4) is 0 Å². The maximum Gasteiger partial charge on any atom is 0.224 e. The highest BCUT2D eigenvalue weighted by Gasteiger charge is 2.64. The van der Waals surface area contributed by atoms with Crippen LogP contribution < -0.4 is 5.32 Å². The lowest BCUT2D eigenvalue weighted by Crippen LogP contribution is -2.53. The van der Waals surface area contributed by atoms with Crippen LogP contribution in [0.1, 0.15) is 57.7 Å². The van der Waals surface area contributed by atoms with Gasteiger partial charge in [-0.25, -0.2) is 0 Å². The highest BCUT2D eigenvalue weighted by Crippen LogP contribution is 2.64. The van der Waals surface area contributed by atoms with Gasteiger partial charge in [-0.15, -0.1) is 0 Å². The lowest BCUT2D eigenvalue weighted by molar-refractivity contribution is -0.133. The number of aromatic nitrogens is 2. The molecule has 4 aliphatic rings. The molecule has 4 nitrogen and oxygen atoms in total. The predicted molar refractivity (Wildman–Crippen MR) is 76.3 cm³/mol. The molecule has 20 heavy (non-hydrogen) atoms. The van der Waals surface area contributed by atoms with E-state index in [1.54, 1.807) is 0 Å². The molecule has 1 amide bonds. The Morgan fingerprint density at radius 3 is 2.90 bits per heavy atom. The van der Waals surface area contributed by atoms with Crippen LogP contribution >= 0.6 is 0 Å². The Morgan fingerprint density at radius 2 is 2.25 bits per heavy atom. The Balaban J connectivity index is 1.65. The van der Waals surface area contributed by atoms with Crippen molar-refractivity contribution in [3.63, 3.8) is 0 Å². The number of rotatable bonds is 4. The van der Waals surface area contributed by atoms with E-state index in [-0.39, 0.29) is 11.3 Å². The minimum absolute atomic E-state index is 0.0738. The zero-order valence-electron chi connectivity index (χ0n) is 12.3. The molecule has 4 saturated carbocycles. The molecule has 1 aromatic rings. The first-order chi connectivity index (χ1) is 9.62. The number of fused-ring (bicyclic) bond motifs is 1. The summed E-state index contributed by atoms with van der Waals surface area (Å²) < 4.78 is 2.12. The fraction of sp³-hybridized carbons (Fsp3) is 0.750.